The molecule has 2 aromatic rings. The molecule has 0 heterocycles. The number of carbonyl (C=O) groups is 1. The summed E-state index contributed by atoms with van der Waals surface area (Å²) in [5.41, 5.74) is 3.10. The predicted octanol–water partition coefficient (Wildman–Crippen LogP) is 2.25. The number of nitrogens with one attached hydrogen (secondary N) is 1. The lowest BCUT2D eigenvalue weighted by Gasteiger charge is -2.09. The minimum Gasteiger partial charge on any atom is -0.396 e. The maximum Gasteiger partial charge on any atom is 0.251 e. The molecule has 4 heteroatoms. The molecule has 0 radical (unpaired) electrons. The predicted molar refractivity (Wildman–Crippen MR) is 93.5 cm³/mol. The first-order valence-electron chi connectivity index (χ1n) is 7.87. The quantitative estimate of drug-likeness (QED) is 0.739. The smallest absolute Gasteiger partial charge is 0.251 e. The molecule has 1 amide bonds. The van der Waals surface area contributed by atoms with Crippen LogP contribution in [-0.4, -0.2) is 29.8 Å². The number of rotatable bonds is 5. The molecule has 24 heavy (non-hydrogen) atoms. The number of hydrogen-bond donors (Lipinski definition) is 3. The van der Waals surface area contributed by atoms with E-state index in [0.29, 0.717) is 18.4 Å². The number of hydrogen-bond acceptors (Lipinski definition) is 3. The van der Waals surface area contributed by atoms with Crippen molar-refractivity contribution in [2.24, 2.45) is 0 Å². The number of benzene rings is 2. The highest BCUT2D eigenvalue weighted by molar-refractivity contribution is 5.94. The minimum absolute atomic E-state index is 0.0827. The van der Waals surface area contributed by atoms with Gasteiger partial charge in [-0.2, -0.15) is 0 Å². The first-order valence-corrected chi connectivity index (χ1v) is 7.87. The van der Waals surface area contributed by atoms with Crippen LogP contribution in [0.15, 0.2) is 48.5 Å². The topological polar surface area (TPSA) is 69.6 Å². The summed E-state index contributed by atoms with van der Waals surface area (Å²) in [5.74, 6) is 5.99. The summed E-state index contributed by atoms with van der Waals surface area (Å²) in [7, 11) is 1.60. The Morgan fingerprint density at radius 1 is 1.04 bits per heavy atom. The SMILES string of the molecule is CNC(=O)c1ccc(C#Cc2ccc([C@H](O)CCCO)cc2)cc1. The van der Waals surface area contributed by atoms with E-state index in [-0.39, 0.29) is 12.5 Å². The van der Waals surface area contributed by atoms with E-state index < -0.39 is 6.10 Å². The van der Waals surface area contributed by atoms with Gasteiger partial charge in [-0.1, -0.05) is 24.0 Å². The van der Waals surface area contributed by atoms with Gasteiger partial charge in [-0.15, -0.1) is 0 Å². The van der Waals surface area contributed by atoms with E-state index in [4.69, 9.17) is 5.11 Å². The second-order valence-electron chi connectivity index (χ2n) is 5.41. The van der Waals surface area contributed by atoms with Crippen LogP contribution in [0.3, 0.4) is 0 Å². The van der Waals surface area contributed by atoms with E-state index in [1.165, 1.54) is 0 Å². The van der Waals surface area contributed by atoms with Crippen molar-refractivity contribution in [2.45, 2.75) is 18.9 Å². The maximum absolute atomic E-state index is 11.5. The van der Waals surface area contributed by atoms with E-state index in [0.717, 1.165) is 16.7 Å². The zero-order valence-electron chi connectivity index (χ0n) is 13.6. The molecular formula is C20H21NO3. The number of aliphatic hydroxyl groups is 2. The first-order chi connectivity index (χ1) is 11.6. The third-order valence-electron chi connectivity index (χ3n) is 3.66. The van der Waals surface area contributed by atoms with Gasteiger partial charge in [-0.25, -0.2) is 0 Å². The Labute approximate surface area is 142 Å². The van der Waals surface area contributed by atoms with Crippen LogP contribution in [0, 0.1) is 11.8 Å². The molecule has 0 saturated heterocycles. The standard InChI is InChI=1S/C20H21NO3/c1-21-20(24)18-12-8-16(9-13-18)5-4-15-6-10-17(11-7-15)19(23)3-2-14-22/h6-13,19,22-23H,2-3,14H2,1H3,(H,21,24)/t19-/m1/s1. The summed E-state index contributed by atoms with van der Waals surface area (Å²) >= 11 is 0. The summed E-state index contributed by atoms with van der Waals surface area (Å²) in [6.07, 6.45) is 0.560. The maximum atomic E-state index is 11.5. The highest BCUT2D eigenvalue weighted by Gasteiger charge is 2.06. The molecule has 0 aliphatic rings. The van der Waals surface area contributed by atoms with Gasteiger partial charge in [0.1, 0.15) is 0 Å². The Morgan fingerprint density at radius 3 is 2.08 bits per heavy atom. The molecule has 2 rings (SSSR count). The van der Waals surface area contributed by atoms with E-state index in [9.17, 15) is 9.90 Å². The number of carbonyl (C=O) groups excluding carboxylic acids is 1. The van der Waals surface area contributed by atoms with E-state index in [2.05, 4.69) is 17.2 Å². The van der Waals surface area contributed by atoms with E-state index in [1.54, 1.807) is 19.2 Å². The van der Waals surface area contributed by atoms with Crippen molar-refractivity contribution in [3.8, 4) is 11.8 Å². The Morgan fingerprint density at radius 2 is 1.58 bits per heavy atom. The molecule has 0 aliphatic carbocycles. The van der Waals surface area contributed by atoms with Crippen LogP contribution in [0.4, 0.5) is 0 Å². The molecule has 0 saturated carbocycles. The van der Waals surface area contributed by atoms with Gasteiger partial charge in [-0.3, -0.25) is 4.79 Å². The molecule has 0 bridgehead atoms. The van der Waals surface area contributed by atoms with Crippen molar-refractivity contribution < 1.29 is 15.0 Å². The van der Waals surface area contributed by atoms with Gasteiger partial charge >= 0.3 is 0 Å². The molecule has 1 atom stereocenters. The molecule has 0 aliphatic heterocycles. The lowest BCUT2D eigenvalue weighted by Crippen LogP contribution is -2.17. The monoisotopic (exact) mass is 323 g/mol. The summed E-state index contributed by atoms with van der Waals surface area (Å²) in [4.78, 5) is 11.5. The van der Waals surface area contributed by atoms with Crippen LogP contribution >= 0.6 is 0 Å². The molecule has 2 aromatic carbocycles. The lowest BCUT2D eigenvalue weighted by atomic mass is 10.0. The third-order valence-corrected chi connectivity index (χ3v) is 3.66. The first kappa shape index (κ1) is 17.7. The van der Waals surface area contributed by atoms with E-state index >= 15 is 0 Å². The van der Waals surface area contributed by atoms with Crippen molar-refractivity contribution in [3.63, 3.8) is 0 Å². The molecule has 0 spiro atoms. The van der Waals surface area contributed by atoms with Gasteiger partial charge in [0.15, 0.2) is 0 Å². The van der Waals surface area contributed by atoms with Gasteiger partial charge in [0.25, 0.3) is 5.91 Å². The van der Waals surface area contributed by atoms with Crippen molar-refractivity contribution in [3.05, 3.63) is 70.8 Å². The third kappa shape index (κ3) is 4.95. The second kappa shape index (κ2) is 8.88. The fourth-order valence-electron chi connectivity index (χ4n) is 2.23. The number of aliphatic hydroxyl groups excluding tert-OH is 2. The fraction of sp³-hybridized carbons (Fsp3) is 0.250. The second-order valence-corrected chi connectivity index (χ2v) is 5.41. The minimum atomic E-state index is -0.559. The molecule has 3 N–H and O–H groups in total. The molecule has 0 aromatic heterocycles. The Bertz CT molecular complexity index is 724. The van der Waals surface area contributed by atoms with Crippen LogP contribution in [0.5, 0.6) is 0 Å². The Balaban J connectivity index is 2.04. The van der Waals surface area contributed by atoms with Gasteiger partial charge in [0.2, 0.25) is 0 Å². The molecule has 4 nitrogen and oxygen atoms in total. The van der Waals surface area contributed by atoms with Crippen LogP contribution in [0.1, 0.15) is 46.0 Å². The summed E-state index contributed by atoms with van der Waals surface area (Å²) < 4.78 is 0. The summed E-state index contributed by atoms with van der Waals surface area (Å²) in [6.45, 7) is 0.0827. The number of amides is 1. The average molecular weight is 323 g/mol. The van der Waals surface area contributed by atoms with Gasteiger partial charge in [0.05, 0.1) is 6.10 Å². The molecule has 124 valence electrons. The van der Waals surface area contributed by atoms with Crippen molar-refractivity contribution in [1.29, 1.82) is 0 Å². The van der Waals surface area contributed by atoms with Crippen molar-refractivity contribution >= 4 is 5.91 Å². The molecule has 0 unspecified atom stereocenters. The van der Waals surface area contributed by atoms with E-state index in [1.807, 2.05) is 36.4 Å². The zero-order valence-corrected chi connectivity index (χ0v) is 13.6. The van der Waals surface area contributed by atoms with Crippen LogP contribution in [-0.2, 0) is 0 Å². The lowest BCUT2D eigenvalue weighted by molar-refractivity contribution is 0.0963. The van der Waals surface area contributed by atoms with Crippen LogP contribution < -0.4 is 5.32 Å². The highest BCUT2D eigenvalue weighted by atomic mass is 16.3. The average Bonchev–Trinajstić information content (AvgIpc) is 2.64. The largest absolute Gasteiger partial charge is 0.396 e. The van der Waals surface area contributed by atoms with Gasteiger partial charge < -0.3 is 15.5 Å². The van der Waals surface area contributed by atoms with Crippen molar-refractivity contribution in [1.82, 2.24) is 5.32 Å². The Kier molecular flexibility index (Phi) is 6.56. The summed E-state index contributed by atoms with van der Waals surface area (Å²) in [6, 6.07) is 14.5. The fourth-order valence-corrected chi connectivity index (χ4v) is 2.23. The molecular weight excluding hydrogens is 302 g/mol. The summed E-state index contributed by atoms with van der Waals surface area (Å²) in [5, 5.41) is 21.3. The van der Waals surface area contributed by atoms with Crippen LogP contribution in [0.2, 0.25) is 0 Å². The van der Waals surface area contributed by atoms with Gasteiger partial charge in [0, 0.05) is 30.3 Å². The van der Waals surface area contributed by atoms with Gasteiger partial charge in [-0.05, 0) is 54.8 Å². The molecule has 0 fully saturated rings. The highest BCUT2D eigenvalue weighted by Crippen LogP contribution is 2.18. The Hall–Kier alpha value is -2.61. The van der Waals surface area contributed by atoms with Crippen molar-refractivity contribution in [2.75, 3.05) is 13.7 Å². The normalized spacial score (nSPS) is 11.3. The van der Waals surface area contributed by atoms with Crippen LogP contribution in [0.25, 0.3) is 0 Å². The zero-order chi connectivity index (χ0) is 17.4.